The van der Waals surface area contributed by atoms with Crippen molar-refractivity contribution in [2.75, 3.05) is 39.6 Å². The number of esters is 4. The van der Waals surface area contributed by atoms with Crippen LogP contribution in [0.5, 0.6) is 0 Å². The number of carbonyl (C=O) groups is 4. The van der Waals surface area contributed by atoms with Crippen LogP contribution in [-0.2, 0) is 65.4 Å². The van der Waals surface area contributed by atoms with Gasteiger partial charge >= 0.3 is 39.5 Å². The van der Waals surface area contributed by atoms with Crippen molar-refractivity contribution in [3.63, 3.8) is 0 Å². The summed E-state index contributed by atoms with van der Waals surface area (Å²) in [5.41, 5.74) is 0. The molecule has 0 saturated heterocycles. The molecule has 0 spiro atoms. The smallest absolute Gasteiger partial charge is 0.462 e. The van der Waals surface area contributed by atoms with Crippen LogP contribution in [0.3, 0.4) is 0 Å². The van der Waals surface area contributed by atoms with Crippen LogP contribution in [0.15, 0.2) is 0 Å². The lowest BCUT2D eigenvalue weighted by atomic mass is 10.0. The number of hydrogen-bond acceptors (Lipinski definition) is 15. The van der Waals surface area contributed by atoms with Gasteiger partial charge in [0, 0.05) is 25.7 Å². The number of phosphoric acid groups is 2. The van der Waals surface area contributed by atoms with Gasteiger partial charge in [0.15, 0.2) is 12.2 Å². The van der Waals surface area contributed by atoms with Crippen molar-refractivity contribution in [3.05, 3.63) is 0 Å². The molecule has 0 rings (SSSR count). The summed E-state index contributed by atoms with van der Waals surface area (Å²) >= 11 is 0. The van der Waals surface area contributed by atoms with Crippen molar-refractivity contribution in [3.8, 4) is 0 Å². The van der Waals surface area contributed by atoms with E-state index >= 15 is 0 Å². The highest BCUT2D eigenvalue weighted by atomic mass is 31.2. The van der Waals surface area contributed by atoms with Crippen molar-refractivity contribution < 1.29 is 80.2 Å². The Bertz CT molecular complexity index is 1840. The zero-order valence-corrected chi connectivity index (χ0v) is 64.8. The first-order chi connectivity index (χ1) is 47.2. The minimum Gasteiger partial charge on any atom is -0.462 e. The normalized spacial score (nSPS) is 13.8. The molecule has 0 aromatic heterocycles. The lowest BCUT2D eigenvalue weighted by Crippen LogP contribution is -2.30. The largest absolute Gasteiger partial charge is 0.472 e. The summed E-state index contributed by atoms with van der Waals surface area (Å²) in [5, 5.41) is 10.6. The Hall–Kier alpha value is -1.94. The molecule has 0 aromatic carbocycles. The number of ether oxygens (including phenoxy) is 4. The summed E-state index contributed by atoms with van der Waals surface area (Å²) in [5.74, 6) is -2.11. The average Bonchev–Trinajstić information content (AvgIpc) is 1.51. The predicted molar refractivity (Wildman–Crippen MR) is 395 cm³/mol. The SMILES string of the molecule is CCCCCCCCCCCCCCCCCCCC(=O)O[C@H](COC(=O)CCCCCCCCCCCCCCCCC)COP(=O)(O)OC[C@@H](O)COP(=O)(O)OC[C@@H](COC(=O)CCCCCCCCCCCCC)OC(=O)CCCCCCCCCCCCCCCC. The van der Waals surface area contributed by atoms with Gasteiger partial charge in [-0.25, -0.2) is 9.13 Å². The molecule has 0 aliphatic rings. The topological polar surface area (TPSA) is 237 Å². The Morgan fingerprint density at radius 3 is 0.608 bits per heavy atom. The fourth-order valence-electron chi connectivity index (χ4n) is 12.1. The molecule has 576 valence electrons. The number of phosphoric ester groups is 2. The van der Waals surface area contributed by atoms with Crippen molar-refractivity contribution in [1.29, 1.82) is 0 Å². The molecule has 0 heterocycles. The summed E-state index contributed by atoms with van der Waals surface area (Å²) in [4.78, 5) is 72.9. The number of aliphatic hydroxyl groups is 1. The lowest BCUT2D eigenvalue weighted by Gasteiger charge is -2.21. The molecule has 97 heavy (non-hydrogen) atoms. The van der Waals surface area contributed by atoms with Gasteiger partial charge in [0.05, 0.1) is 26.4 Å². The van der Waals surface area contributed by atoms with E-state index in [9.17, 15) is 43.2 Å². The van der Waals surface area contributed by atoms with Gasteiger partial charge in [-0.15, -0.1) is 0 Å². The first-order valence-electron chi connectivity index (χ1n) is 40.8. The summed E-state index contributed by atoms with van der Waals surface area (Å²) in [6.45, 7) is 5.01. The fraction of sp³-hybridized carbons (Fsp3) is 0.949. The second kappa shape index (κ2) is 72.4. The predicted octanol–water partition coefficient (Wildman–Crippen LogP) is 23.4. The molecule has 0 saturated carbocycles. The van der Waals surface area contributed by atoms with Crippen LogP contribution in [0.2, 0.25) is 0 Å². The second-order valence-electron chi connectivity index (χ2n) is 28.1. The molecule has 3 N–H and O–H groups in total. The molecule has 0 aromatic rings. The standard InChI is InChI=1S/C78H152O17P2/c1-5-9-13-17-21-25-29-32-35-36-38-41-45-49-53-57-61-65-78(83)95-74(69-89-76(81)63-59-55-51-47-43-40-37-33-30-26-22-18-14-10-6-2)71-93-97(86,87)91-67-72(79)66-90-96(84,85)92-70-73(68-88-75(80)62-58-54-50-46-42-28-24-20-16-12-8-4)94-77(82)64-60-56-52-48-44-39-34-31-27-23-19-15-11-7-3/h72-74,79H,5-71H2,1-4H3,(H,84,85)(H,86,87)/t72-,73+,74+/m0/s1. The van der Waals surface area contributed by atoms with Crippen LogP contribution in [0.25, 0.3) is 0 Å². The van der Waals surface area contributed by atoms with E-state index < -0.39 is 97.5 Å². The Morgan fingerprint density at radius 1 is 0.247 bits per heavy atom. The lowest BCUT2D eigenvalue weighted by molar-refractivity contribution is -0.161. The Labute approximate surface area is 594 Å². The van der Waals surface area contributed by atoms with Crippen LogP contribution >= 0.6 is 15.6 Å². The van der Waals surface area contributed by atoms with E-state index in [0.29, 0.717) is 25.7 Å². The van der Waals surface area contributed by atoms with Crippen LogP contribution in [-0.4, -0.2) is 96.7 Å². The van der Waals surface area contributed by atoms with Gasteiger partial charge in [-0.1, -0.05) is 368 Å². The zero-order valence-electron chi connectivity index (χ0n) is 63.1. The van der Waals surface area contributed by atoms with E-state index in [1.807, 2.05) is 0 Å². The van der Waals surface area contributed by atoms with Gasteiger partial charge in [0.1, 0.15) is 19.3 Å². The first-order valence-corrected chi connectivity index (χ1v) is 43.8. The van der Waals surface area contributed by atoms with Crippen molar-refractivity contribution in [2.45, 2.75) is 438 Å². The molecule has 0 aliphatic heterocycles. The molecular formula is C78H152O17P2. The molecule has 0 amide bonds. The molecule has 5 atom stereocenters. The van der Waals surface area contributed by atoms with Crippen LogP contribution < -0.4 is 0 Å². The summed E-state index contributed by atoms with van der Waals surface area (Å²) in [6, 6.07) is 0. The average molecular weight is 1420 g/mol. The molecular weight excluding hydrogens is 1270 g/mol. The third-order valence-corrected chi connectivity index (χ3v) is 20.3. The van der Waals surface area contributed by atoms with Gasteiger partial charge in [-0.3, -0.25) is 37.3 Å². The Morgan fingerprint density at radius 2 is 0.412 bits per heavy atom. The maximum atomic E-state index is 13.1. The molecule has 17 nitrogen and oxygen atoms in total. The minimum absolute atomic E-state index is 0.109. The molecule has 0 bridgehead atoms. The Kier molecular flexibility index (Phi) is 71.0. The van der Waals surface area contributed by atoms with E-state index in [1.165, 1.54) is 250 Å². The third kappa shape index (κ3) is 72.2. The summed E-state index contributed by atoms with van der Waals surface area (Å²) in [7, 11) is -9.91. The number of unbranched alkanes of at least 4 members (excludes halogenated alkanes) is 53. The van der Waals surface area contributed by atoms with E-state index in [2.05, 4.69) is 27.7 Å². The molecule has 0 fully saturated rings. The maximum absolute atomic E-state index is 13.1. The van der Waals surface area contributed by atoms with Crippen molar-refractivity contribution in [2.24, 2.45) is 0 Å². The Balaban J connectivity index is 5.25. The van der Waals surface area contributed by atoms with Gasteiger partial charge in [-0.05, 0) is 25.7 Å². The monoisotopic (exact) mass is 1420 g/mol. The quantitative estimate of drug-likeness (QED) is 0.0222. The van der Waals surface area contributed by atoms with E-state index in [4.69, 9.17) is 37.0 Å². The van der Waals surface area contributed by atoms with Crippen LogP contribution in [0.1, 0.15) is 419 Å². The van der Waals surface area contributed by atoms with E-state index in [-0.39, 0.29) is 25.7 Å². The zero-order chi connectivity index (χ0) is 71.1. The first kappa shape index (κ1) is 95.1. The van der Waals surface area contributed by atoms with Gasteiger partial charge < -0.3 is 33.8 Å². The maximum Gasteiger partial charge on any atom is 0.472 e. The van der Waals surface area contributed by atoms with E-state index in [0.717, 1.165) is 89.9 Å². The fourth-order valence-corrected chi connectivity index (χ4v) is 13.7. The molecule has 0 aliphatic carbocycles. The number of carbonyl (C=O) groups excluding carboxylic acids is 4. The second-order valence-corrected chi connectivity index (χ2v) is 31.0. The molecule has 19 heteroatoms. The van der Waals surface area contributed by atoms with E-state index in [1.54, 1.807) is 0 Å². The highest BCUT2D eigenvalue weighted by Gasteiger charge is 2.30. The van der Waals surface area contributed by atoms with Crippen molar-refractivity contribution in [1.82, 2.24) is 0 Å². The highest BCUT2D eigenvalue weighted by Crippen LogP contribution is 2.45. The van der Waals surface area contributed by atoms with Crippen LogP contribution in [0, 0.1) is 0 Å². The molecule has 0 radical (unpaired) electrons. The third-order valence-electron chi connectivity index (χ3n) is 18.4. The highest BCUT2D eigenvalue weighted by molar-refractivity contribution is 7.47. The van der Waals surface area contributed by atoms with Gasteiger partial charge in [0.2, 0.25) is 0 Å². The van der Waals surface area contributed by atoms with Gasteiger partial charge in [-0.2, -0.15) is 0 Å². The minimum atomic E-state index is -4.96. The number of aliphatic hydroxyl groups excluding tert-OH is 1. The molecule has 2 unspecified atom stereocenters. The van der Waals surface area contributed by atoms with Crippen molar-refractivity contribution >= 4 is 39.5 Å². The number of rotatable bonds is 79. The van der Waals surface area contributed by atoms with Gasteiger partial charge in [0.25, 0.3) is 0 Å². The number of hydrogen-bond donors (Lipinski definition) is 3. The summed E-state index contributed by atoms with van der Waals surface area (Å²) in [6.07, 6.45) is 63.6. The summed E-state index contributed by atoms with van der Waals surface area (Å²) < 4.78 is 68.6. The van der Waals surface area contributed by atoms with Crippen LogP contribution in [0.4, 0.5) is 0 Å².